The Labute approximate surface area is 374 Å². The maximum atomic E-state index is 14.0. The number of guanidine groups is 2. The van der Waals surface area contributed by atoms with Gasteiger partial charge >= 0.3 is 0 Å². The summed E-state index contributed by atoms with van der Waals surface area (Å²) in [5, 5.41) is 55.6. The first-order valence-corrected chi connectivity index (χ1v) is 20.6. The van der Waals surface area contributed by atoms with Crippen LogP contribution < -0.4 is 65.5 Å². The van der Waals surface area contributed by atoms with Crippen LogP contribution in [0.3, 0.4) is 0 Å². The molecule has 0 aromatic heterocycles. The molecule has 0 heterocycles. The molecule has 65 heavy (non-hydrogen) atoms. The number of nitrogens with one attached hydrogen (secondary N) is 10. The van der Waals surface area contributed by atoms with Crippen LogP contribution in [0.2, 0.25) is 0 Å². The van der Waals surface area contributed by atoms with Crippen LogP contribution in [-0.2, 0) is 46.4 Å². The molecule has 0 aliphatic carbocycles. The second-order valence-electron chi connectivity index (χ2n) is 15.4. The molecule has 0 aliphatic rings. The molecule has 0 saturated heterocycles. The van der Waals surface area contributed by atoms with Crippen molar-refractivity contribution in [1.82, 2.24) is 42.5 Å². The van der Waals surface area contributed by atoms with E-state index in [2.05, 4.69) is 42.5 Å². The highest BCUT2D eigenvalue weighted by Gasteiger charge is 2.32. The normalized spacial score (nSPS) is 13.0. The number of primary amides is 1. The Morgan fingerprint density at radius 2 is 1.11 bits per heavy atom. The third-order valence-corrected chi connectivity index (χ3v) is 9.44. The predicted octanol–water partition coefficient (Wildman–Crippen LogP) is -3.36. The molecule has 19 N–H and O–H groups in total. The Bertz CT molecular complexity index is 1980. The molecule has 0 spiro atoms. The molecule has 0 aliphatic heterocycles. The summed E-state index contributed by atoms with van der Waals surface area (Å²) in [7, 11) is 0. The Morgan fingerprint density at radius 1 is 0.631 bits per heavy atom. The number of carbonyl (C=O) groups is 7. The third kappa shape index (κ3) is 21.4. The van der Waals surface area contributed by atoms with Gasteiger partial charge < -0.3 is 70.6 Å². The number of phenolic OH excluding ortho intramolecular Hbond substituents is 1. The summed E-state index contributed by atoms with van der Waals surface area (Å²) in [5.74, 6) is -6.35. The van der Waals surface area contributed by atoms with E-state index in [1.54, 1.807) is 26.0 Å². The molecule has 0 saturated carbocycles. The summed E-state index contributed by atoms with van der Waals surface area (Å²) < 4.78 is 0. The number of aromatic hydroxyl groups is 1. The van der Waals surface area contributed by atoms with Gasteiger partial charge in [-0.05, 0) is 67.7 Å². The molecule has 25 nitrogen and oxygen atoms in total. The van der Waals surface area contributed by atoms with E-state index in [0.29, 0.717) is 11.1 Å². The number of non-ortho nitro benzene ring substituents is 1. The van der Waals surface area contributed by atoms with Gasteiger partial charge in [0, 0.05) is 31.6 Å². The van der Waals surface area contributed by atoms with Gasteiger partial charge in [-0.3, -0.25) is 54.5 Å². The lowest BCUT2D eigenvalue weighted by molar-refractivity contribution is -0.384. The van der Waals surface area contributed by atoms with Crippen LogP contribution in [0.5, 0.6) is 5.75 Å². The van der Waals surface area contributed by atoms with Crippen molar-refractivity contribution in [2.24, 2.45) is 28.9 Å². The van der Waals surface area contributed by atoms with Gasteiger partial charge in [-0.25, -0.2) is 0 Å². The van der Waals surface area contributed by atoms with Crippen molar-refractivity contribution in [2.75, 3.05) is 26.2 Å². The number of nitrogens with two attached hydrogens (primary N) is 4. The van der Waals surface area contributed by atoms with E-state index in [0.717, 1.165) is 0 Å². The van der Waals surface area contributed by atoms with E-state index >= 15 is 0 Å². The summed E-state index contributed by atoms with van der Waals surface area (Å²) in [5.41, 5.74) is 23.0. The topological polar surface area (TPSA) is 431 Å². The largest absolute Gasteiger partial charge is 0.508 e. The SMILES string of the molecule is CC(C)C[C@H](NC(=O)[C@H](Cc1ccc([N+](=O)[O-])cc1)NC(=O)CNC(=O)CNC(=O)[C@@H](N)Cc1ccc(O)cc1)C(=O)N[C@@H](CCCNC(=N)N)C(=O)N[C@H](CCCNC(=N)N)C(N)=O. The Morgan fingerprint density at radius 3 is 1.65 bits per heavy atom. The van der Waals surface area contributed by atoms with Crippen molar-refractivity contribution >= 4 is 59.0 Å². The van der Waals surface area contributed by atoms with Gasteiger partial charge in [0.15, 0.2) is 11.9 Å². The van der Waals surface area contributed by atoms with Crippen LogP contribution >= 0.6 is 0 Å². The minimum atomic E-state index is -1.41. The number of nitrogens with zero attached hydrogens (tertiary/aromatic N) is 1. The van der Waals surface area contributed by atoms with Crippen LogP contribution in [0.1, 0.15) is 57.1 Å². The predicted molar refractivity (Wildman–Crippen MR) is 237 cm³/mol. The Hall–Kier alpha value is -7.57. The summed E-state index contributed by atoms with van der Waals surface area (Å²) >= 11 is 0. The van der Waals surface area contributed by atoms with Crippen LogP contribution in [0.25, 0.3) is 0 Å². The van der Waals surface area contributed by atoms with E-state index in [1.807, 2.05) is 0 Å². The zero-order valence-electron chi connectivity index (χ0n) is 36.2. The highest BCUT2D eigenvalue weighted by molar-refractivity contribution is 5.96. The molecule has 0 unspecified atom stereocenters. The van der Waals surface area contributed by atoms with Crippen molar-refractivity contribution in [3.05, 3.63) is 69.8 Å². The maximum Gasteiger partial charge on any atom is 0.269 e. The summed E-state index contributed by atoms with van der Waals surface area (Å²) in [6.45, 7) is 2.71. The van der Waals surface area contributed by atoms with E-state index in [4.69, 9.17) is 33.8 Å². The van der Waals surface area contributed by atoms with Crippen LogP contribution in [0, 0.1) is 26.9 Å². The van der Waals surface area contributed by atoms with Gasteiger partial charge in [-0.1, -0.05) is 38.1 Å². The molecular formula is C40H61N15O10. The zero-order valence-corrected chi connectivity index (χ0v) is 36.2. The number of hydrogen-bond donors (Lipinski definition) is 15. The lowest BCUT2D eigenvalue weighted by atomic mass is 10.00. The highest BCUT2D eigenvalue weighted by Crippen LogP contribution is 2.15. The molecule has 7 amide bonds. The molecule has 356 valence electrons. The number of rotatable bonds is 28. The first-order valence-electron chi connectivity index (χ1n) is 20.6. The molecule has 0 fully saturated rings. The van der Waals surface area contributed by atoms with Crippen molar-refractivity contribution in [2.45, 2.75) is 89.0 Å². The molecule has 5 atom stereocenters. The molecule has 25 heteroatoms. The van der Waals surface area contributed by atoms with E-state index in [1.165, 1.54) is 36.4 Å². The Balaban J connectivity index is 2.23. The van der Waals surface area contributed by atoms with Gasteiger partial charge in [0.25, 0.3) is 5.69 Å². The van der Waals surface area contributed by atoms with Crippen molar-refractivity contribution in [3.63, 3.8) is 0 Å². The highest BCUT2D eigenvalue weighted by atomic mass is 16.6. The number of benzene rings is 2. The average Bonchev–Trinajstić information content (AvgIpc) is 3.23. The van der Waals surface area contributed by atoms with Crippen molar-refractivity contribution in [1.29, 1.82) is 10.8 Å². The fraction of sp³-hybridized carbons (Fsp3) is 0.475. The summed E-state index contributed by atoms with van der Waals surface area (Å²) in [6.07, 6.45) is 0.492. The van der Waals surface area contributed by atoms with Crippen LogP contribution in [-0.4, -0.2) is 120 Å². The molecule has 2 aromatic carbocycles. The number of hydrogen-bond acceptors (Lipinski definition) is 13. The van der Waals surface area contributed by atoms with Gasteiger partial charge in [-0.15, -0.1) is 0 Å². The lowest BCUT2D eigenvalue weighted by Gasteiger charge is -2.27. The molecule has 0 radical (unpaired) electrons. The number of phenols is 1. The molecule has 2 rings (SSSR count). The lowest BCUT2D eigenvalue weighted by Crippen LogP contribution is -2.59. The van der Waals surface area contributed by atoms with E-state index < -0.39 is 89.6 Å². The first-order chi connectivity index (χ1) is 30.6. The number of amides is 7. The quantitative estimate of drug-likeness (QED) is 0.0130. The van der Waals surface area contributed by atoms with Crippen molar-refractivity contribution in [3.8, 4) is 5.75 Å². The molecule has 2 aromatic rings. The van der Waals surface area contributed by atoms with Crippen LogP contribution in [0.15, 0.2) is 48.5 Å². The first kappa shape index (κ1) is 53.6. The summed E-state index contributed by atoms with van der Waals surface area (Å²) in [6, 6.07) is 5.04. The van der Waals surface area contributed by atoms with Crippen molar-refractivity contribution < 1.29 is 43.6 Å². The number of nitro benzene ring substituents is 1. The zero-order chi connectivity index (χ0) is 48.6. The fourth-order valence-electron chi connectivity index (χ4n) is 6.10. The second-order valence-corrected chi connectivity index (χ2v) is 15.4. The second kappa shape index (κ2) is 27.5. The maximum absolute atomic E-state index is 14.0. The summed E-state index contributed by atoms with van der Waals surface area (Å²) in [4.78, 5) is 103. The van der Waals surface area contributed by atoms with Crippen LogP contribution in [0.4, 0.5) is 5.69 Å². The standard InChI is InChI=1S/C40H61N15O10/c1-22(2)17-30(37(62)53-29(6-4-16-48-40(45)46)36(61)52-28(34(42)59)5-3-15-47-39(43)44)54-38(63)31(19-24-7-11-25(12-8-24)55(64)65)51-33(58)21-49-32(57)20-50-35(60)27(41)18-23-9-13-26(56)14-10-23/h7-14,22,27-31,56H,3-6,15-21,41H2,1-2H3,(H2,42,59)(H,49,57)(H,50,60)(H,51,58)(H,52,61)(H,53,62)(H,54,63)(H4,43,44,47)(H4,45,46,48)/t27-,28+,29-,30-,31-/m0/s1. The molecule has 0 bridgehead atoms. The minimum Gasteiger partial charge on any atom is -0.508 e. The number of nitro groups is 1. The Kier molecular flexibility index (Phi) is 22.6. The number of carbonyl (C=O) groups excluding carboxylic acids is 7. The fourth-order valence-corrected chi connectivity index (χ4v) is 6.10. The van der Waals surface area contributed by atoms with Gasteiger partial charge in [0.05, 0.1) is 24.1 Å². The van der Waals surface area contributed by atoms with Gasteiger partial charge in [0.2, 0.25) is 41.4 Å². The monoisotopic (exact) mass is 911 g/mol. The average molecular weight is 912 g/mol. The minimum absolute atomic E-state index is 0.0155. The smallest absolute Gasteiger partial charge is 0.269 e. The van der Waals surface area contributed by atoms with E-state index in [9.17, 15) is 48.8 Å². The van der Waals surface area contributed by atoms with E-state index in [-0.39, 0.29) is 87.3 Å². The molecular weight excluding hydrogens is 851 g/mol. The third-order valence-electron chi connectivity index (χ3n) is 9.44. The van der Waals surface area contributed by atoms with Gasteiger partial charge in [0.1, 0.15) is 29.9 Å². The van der Waals surface area contributed by atoms with Gasteiger partial charge in [-0.2, -0.15) is 0 Å².